The fourth-order valence-corrected chi connectivity index (χ4v) is 2.94. The van der Waals surface area contributed by atoms with Gasteiger partial charge in [0.1, 0.15) is 17.9 Å². The van der Waals surface area contributed by atoms with Crippen LogP contribution in [0.2, 0.25) is 0 Å². The SMILES string of the molecule is CC(C)COc1ccc(F)cc1-c1cc(-c2ccc3[nH]nc(N)c3c2)ncn1. The van der Waals surface area contributed by atoms with Gasteiger partial charge in [-0.2, -0.15) is 5.10 Å². The molecule has 3 N–H and O–H groups in total. The smallest absolute Gasteiger partial charge is 0.153 e. The number of halogens is 1. The number of fused-ring (bicyclic) bond motifs is 1. The summed E-state index contributed by atoms with van der Waals surface area (Å²) >= 11 is 0. The van der Waals surface area contributed by atoms with Crippen LogP contribution >= 0.6 is 0 Å². The van der Waals surface area contributed by atoms with Crippen molar-refractivity contribution < 1.29 is 9.13 Å². The van der Waals surface area contributed by atoms with Crippen molar-refractivity contribution in [3.8, 4) is 28.3 Å². The number of hydrogen-bond donors (Lipinski definition) is 2. The van der Waals surface area contributed by atoms with Gasteiger partial charge in [0.2, 0.25) is 0 Å². The first kappa shape index (κ1) is 17.9. The Bertz CT molecular complexity index is 1140. The summed E-state index contributed by atoms with van der Waals surface area (Å²) in [7, 11) is 0. The summed E-state index contributed by atoms with van der Waals surface area (Å²) in [5, 5.41) is 7.71. The molecule has 0 aliphatic rings. The molecule has 28 heavy (non-hydrogen) atoms. The quantitative estimate of drug-likeness (QED) is 0.536. The molecule has 4 aromatic rings. The van der Waals surface area contributed by atoms with Crippen LogP contribution in [0.15, 0.2) is 48.8 Å². The number of nitrogens with zero attached hydrogens (tertiary/aromatic N) is 3. The average Bonchev–Trinajstić information content (AvgIpc) is 3.07. The first-order valence-electron chi connectivity index (χ1n) is 9.00. The zero-order chi connectivity index (χ0) is 19.7. The number of nitrogens with two attached hydrogens (primary N) is 1. The second-order valence-corrected chi connectivity index (χ2v) is 7.00. The topological polar surface area (TPSA) is 89.7 Å². The molecule has 0 unspecified atom stereocenters. The molecule has 0 fully saturated rings. The van der Waals surface area contributed by atoms with E-state index < -0.39 is 0 Å². The van der Waals surface area contributed by atoms with Crippen LogP contribution < -0.4 is 10.5 Å². The molecule has 0 radical (unpaired) electrons. The molecule has 0 aliphatic carbocycles. The van der Waals surface area contributed by atoms with Crippen molar-refractivity contribution in [2.45, 2.75) is 13.8 Å². The minimum atomic E-state index is -0.348. The third kappa shape index (κ3) is 3.51. The minimum absolute atomic E-state index is 0.348. The molecule has 0 spiro atoms. The second kappa shape index (κ2) is 7.26. The summed E-state index contributed by atoms with van der Waals surface area (Å²) in [4.78, 5) is 8.70. The number of nitrogen functional groups attached to an aromatic ring is 1. The monoisotopic (exact) mass is 377 g/mol. The summed E-state index contributed by atoms with van der Waals surface area (Å²) in [6, 6.07) is 12.0. The highest BCUT2D eigenvalue weighted by Gasteiger charge is 2.13. The van der Waals surface area contributed by atoms with Gasteiger partial charge in [0, 0.05) is 16.5 Å². The van der Waals surface area contributed by atoms with E-state index in [0.29, 0.717) is 41.0 Å². The van der Waals surface area contributed by atoms with Gasteiger partial charge < -0.3 is 10.5 Å². The maximum Gasteiger partial charge on any atom is 0.153 e. The highest BCUT2D eigenvalue weighted by molar-refractivity contribution is 5.92. The number of hydrogen-bond acceptors (Lipinski definition) is 5. The third-order valence-corrected chi connectivity index (χ3v) is 4.34. The van der Waals surface area contributed by atoms with Crippen molar-refractivity contribution in [1.29, 1.82) is 0 Å². The van der Waals surface area contributed by atoms with Crippen LogP contribution in [0.3, 0.4) is 0 Å². The van der Waals surface area contributed by atoms with Crippen LogP contribution in [0.4, 0.5) is 10.2 Å². The molecule has 2 heterocycles. The molecule has 0 bridgehead atoms. The molecular formula is C21H20FN5O. The Balaban J connectivity index is 1.76. The summed E-state index contributed by atoms with van der Waals surface area (Å²) in [5.41, 5.74) is 9.50. The summed E-state index contributed by atoms with van der Waals surface area (Å²) in [6.45, 7) is 4.65. The van der Waals surface area contributed by atoms with E-state index in [4.69, 9.17) is 10.5 Å². The normalized spacial score (nSPS) is 11.3. The number of rotatable bonds is 5. The lowest BCUT2D eigenvalue weighted by Gasteiger charge is -2.13. The number of aromatic amines is 1. The van der Waals surface area contributed by atoms with Gasteiger partial charge in [-0.1, -0.05) is 19.9 Å². The predicted molar refractivity (Wildman–Crippen MR) is 107 cm³/mol. The molecule has 6 nitrogen and oxygen atoms in total. The lowest BCUT2D eigenvalue weighted by Crippen LogP contribution is -2.05. The van der Waals surface area contributed by atoms with E-state index in [2.05, 4.69) is 34.0 Å². The number of ether oxygens (including phenoxy) is 1. The fourth-order valence-electron chi connectivity index (χ4n) is 2.94. The van der Waals surface area contributed by atoms with Crippen molar-refractivity contribution in [2.24, 2.45) is 5.92 Å². The lowest BCUT2D eigenvalue weighted by molar-refractivity contribution is 0.272. The van der Waals surface area contributed by atoms with Crippen LogP contribution in [0.5, 0.6) is 5.75 Å². The van der Waals surface area contributed by atoms with E-state index in [9.17, 15) is 4.39 Å². The van der Waals surface area contributed by atoms with Crippen molar-refractivity contribution in [1.82, 2.24) is 20.2 Å². The van der Waals surface area contributed by atoms with Crippen LogP contribution in [0, 0.1) is 11.7 Å². The van der Waals surface area contributed by atoms with E-state index in [1.54, 1.807) is 6.07 Å². The van der Waals surface area contributed by atoms with Gasteiger partial charge in [0.05, 0.1) is 23.5 Å². The van der Waals surface area contributed by atoms with E-state index in [1.807, 2.05) is 24.3 Å². The van der Waals surface area contributed by atoms with Gasteiger partial charge in [0.15, 0.2) is 5.82 Å². The third-order valence-electron chi connectivity index (χ3n) is 4.34. The van der Waals surface area contributed by atoms with Crippen LogP contribution in [-0.2, 0) is 0 Å². The Hall–Kier alpha value is -3.48. The van der Waals surface area contributed by atoms with Gasteiger partial charge >= 0.3 is 0 Å². The average molecular weight is 377 g/mol. The summed E-state index contributed by atoms with van der Waals surface area (Å²) in [6.07, 6.45) is 1.46. The number of aromatic nitrogens is 4. The Morgan fingerprint density at radius 1 is 1.07 bits per heavy atom. The van der Waals surface area contributed by atoms with Gasteiger partial charge in [-0.15, -0.1) is 0 Å². The summed E-state index contributed by atoms with van der Waals surface area (Å²) in [5.74, 6) is 1.03. The first-order chi connectivity index (χ1) is 13.5. The maximum atomic E-state index is 13.9. The number of anilines is 1. The molecule has 0 aliphatic heterocycles. The number of benzene rings is 2. The highest BCUT2D eigenvalue weighted by atomic mass is 19.1. The van der Waals surface area contributed by atoms with Gasteiger partial charge in [-0.25, -0.2) is 14.4 Å². The Labute approximate surface area is 161 Å². The van der Waals surface area contributed by atoms with Gasteiger partial charge in [-0.05, 0) is 42.3 Å². The van der Waals surface area contributed by atoms with Crippen molar-refractivity contribution in [3.05, 3.63) is 54.6 Å². The molecular weight excluding hydrogens is 357 g/mol. The van der Waals surface area contributed by atoms with E-state index in [1.165, 1.54) is 18.5 Å². The van der Waals surface area contributed by atoms with E-state index in [-0.39, 0.29) is 5.82 Å². The van der Waals surface area contributed by atoms with Crippen molar-refractivity contribution in [3.63, 3.8) is 0 Å². The van der Waals surface area contributed by atoms with Crippen molar-refractivity contribution in [2.75, 3.05) is 12.3 Å². The zero-order valence-electron chi connectivity index (χ0n) is 15.6. The second-order valence-electron chi connectivity index (χ2n) is 7.00. The molecule has 0 amide bonds. The zero-order valence-corrected chi connectivity index (χ0v) is 15.6. The number of nitrogens with one attached hydrogen (secondary N) is 1. The van der Waals surface area contributed by atoms with Gasteiger partial charge in [0.25, 0.3) is 0 Å². The molecule has 0 saturated carbocycles. The number of H-pyrrole nitrogens is 1. The van der Waals surface area contributed by atoms with Crippen LogP contribution in [0.25, 0.3) is 33.4 Å². The van der Waals surface area contributed by atoms with Crippen molar-refractivity contribution >= 4 is 16.7 Å². The first-order valence-corrected chi connectivity index (χ1v) is 9.00. The predicted octanol–water partition coefficient (Wildman–Crippen LogP) is 4.44. The molecule has 7 heteroatoms. The minimum Gasteiger partial charge on any atom is -0.493 e. The Morgan fingerprint density at radius 2 is 1.89 bits per heavy atom. The molecule has 4 rings (SSSR count). The lowest BCUT2D eigenvalue weighted by atomic mass is 10.1. The van der Waals surface area contributed by atoms with E-state index >= 15 is 0 Å². The Kier molecular flexibility index (Phi) is 4.65. The fraction of sp³-hybridized carbons (Fsp3) is 0.190. The van der Waals surface area contributed by atoms with Gasteiger partial charge in [-0.3, -0.25) is 5.10 Å². The molecule has 2 aromatic carbocycles. The molecule has 142 valence electrons. The Morgan fingerprint density at radius 3 is 2.71 bits per heavy atom. The largest absolute Gasteiger partial charge is 0.493 e. The highest BCUT2D eigenvalue weighted by Crippen LogP contribution is 2.32. The maximum absolute atomic E-state index is 13.9. The molecule has 2 aromatic heterocycles. The van der Waals surface area contributed by atoms with Crippen LogP contribution in [-0.4, -0.2) is 26.8 Å². The molecule has 0 atom stereocenters. The van der Waals surface area contributed by atoms with Crippen LogP contribution in [0.1, 0.15) is 13.8 Å². The molecule has 0 saturated heterocycles. The standard InChI is InChI=1S/C21H20FN5O/c1-12(2)10-28-20-6-4-14(22)8-15(20)19-9-18(24-11-25-19)13-3-5-17-16(7-13)21(23)27-26-17/h3-9,11-12H,10H2,1-2H3,(H3,23,26,27). The van der Waals surface area contributed by atoms with E-state index in [0.717, 1.165) is 16.5 Å². The summed E-state index contributed by atoms with van der Waals surface area (Å²) < 4.78 is 19.8.